The molecule has 0 bridgehead atoms. The molecule has 20 heavy (non-hydrogen) atoms. The van der Waals surface area contributed by atoms with Gasteiger partial charge in [-0.25, -0.2) is 13.1 Å². The summed E-state index contributed by atoms with van der Waals surface area (Å²) in [5, 5.41) is 3.02. The second-order valence-electron chi connectivity index (χ2n) is 4.71. The van der Waals surface area contributed by atoms with Crippen LogP contribution in [0.4, 0.5) is 0 Å². The molecule has 2 N–H and O–H groups in total. The van der Waals surface area contributed by atoms with Crippen LogP contribution in [0.25, 0.3) is 0 Å². The zero-order valence-corrected chi connectivity index (χ0v) is 15.2. The number of hydrogen-bond acceptors (Lipinski definition) is 4. The van der Waals surface area contributed by atoms with Gasteiger partial charge in [0, 0.05) is 17.6 Å². The molecular weight excluding hydrogens is 360 g/mol. The summed E-state index contributed by atoms with van der Waals surface area (Å²) < 4.78 is 28.0. The average Bonchev–Trinajstić information content (AvgIpc) is 2.39. The van der Waals surface area contributed by atoms with Gasteiger partial charge in [-0.1, -0.05) is 13.0 Å². The Labute approximate surface area is 134 Å². The van der Waals surface area contributed by atoms with E-state index in [1.54, 1.807) is 23.9 Å². The Balaban J connectivity index is 2.88. The Hall–Kier alpha value is -0.0800. The SMILES string of the molecule is CNCc1ccc(Br)c(S(=O)(=O)NCC(C)CSC)c1. The quantitative estimate of drug-likeness (QED) is 0.726. The van der Waals surface area contributed by atoms with Gasteiger partial charge in [0.05, 0.1) is 4.90 Å². The van der Waals surface area contributed by atoms with E-state index < -0.39 is 10.0 Å². The molecule has 7 heteroatoms. The van der Waals surface area contributed by atoms with Crippen LogP contribution in [-0.4, -0.2) is 34.0 Å². The lowest BCUT2D eigenvalue weighted by molar-refractivity contribution is 0.562. The minimum atomic E-state index is -3.48. The zero-order valence-electron chi connectivity index (χ0n) is 11.9. The summed E-state index contributed by atoms with van der Waals surface area (Å²) >= 11 is 5.03. The van der Waals surface area contributed by atoms with Crippen LogP contribution < -0.4 is 10.0 Å². The average molecular weight is 381 g/mol. The van der Waals surface area contributed by atoms with Gasteiger partial charge < -0.3 is 5.32 Å². The fraction of sp³-hybridized carbons (Fsp3) is 0.538. The van der Waals surface area contributed by atoms with Gasteiger partial charge in [0.25, 0.3) is 0 Å². The van der Waals surface area contributed by atoms with Crippen LogP contribution in [0.3, 0.4) is 0 Å². The molecule has 0 aromatic heterocycles. The molecule has 0 heterocycles. The first-order valence-electron chi connectivity index (χ1n) is 6.32. The van der Waals surface area contributed by atoms with Crippen LogP contribution in [0.5, 0.6) is 0 Å². The maximum absolute atomic E-state index is 12.3. The minimum absolute atomic E-state index is 0.293. The van der Waals surface area contributed by atoms with E-state index in [1.165, 1.54) is 0 Å². The highest BCUT2D eigenvalue weighted by Gasteiger charge is 2.18. The van der Waals surface area contributed by atoms with E-state index in [-0.39, 0.29) is 0 Å². The molecule has 1 atom stereocenters. The van der Waals surface area contributed by atoms with Gasteiger partial charge in [0.2, 0.25) is 10.0 Å². The van der Waals surface area contributed by atoms with Crippen molar-refractivity contribution in [3.8, 4) is 0 Å². The van der Waals surface area contributed by atoms with Crippen molar-refractivity contribution >= 4 is 37.7 Å². The Bertz CT molecular complexity index is 535. The molecule has 0 saturated heterocycles. The van der Waals surface area contributed by atoms with E-state index in [2.05, 4.69) is 26.0 Å². The summed E-state index contributed by atoms with van der Waals surface area (Å²) in [6.07, 6.45) is 2.02. The molecule has 0 aliphatic carbocycles. The van der Waals surface area contributed by atoms with E-state index in [4.69, 9.17) is 0 Å². The molecule has 0 amide bonds. The number of benzene rings is 1. The highest BCUT2D eigenvalue weighted by Crippen LogP contribution is 2.23. The highest BCUT2D eigenvalue weighted by molar-refractivity contribution is 9.10. The number of hydrogen-bond donors (Lipinski definition) is 2. The largest absolute Gasteiger partial charge is 0.316 e. The van der Waals surface area contributed by atoms with Crippen molar-refractivity contribution in [2.24, 2.45) is 5.92 Å². The monoisotopic (exact) mass is 380 g/mol. The first kappa shape index (κ1) is 18.0. The summed E-state index contributed by atoms with van der Waals surface area (Å²) in [7, 11) is -1.65. The molecular formula is C13H21BrN2O2S2. The molecule has 0 radical (unpaired) electrons. The predicted molar refractivity (Wildman–Crippen MR) is 89.6 cm³/mol. The molecule has 1 aromatic carbocycles. The molecule has 1 unspecified atom stereocenters. The number of rotatable bonds is 8. The van der Waals surface area contributed by atoms with E-state index >= 15 is 0 Å². The molecule has 0 fully saturated rings. The highest BCUT2D eigenvalue weighted by atomic mass is 79.9. The van der Waals surface area contributed by atoms with Gasteiger partial charge in [-0.15, -0.1) is 0 Å². The lowest BCUT2D eigenvalue weighted by Gasteiger charge is -2.13. The summed E-state index contributed by atoms with van der Waals surface area (Å²) in [6.45, 7) is 3.12. The molecule has 0 saturated carbocycles. The van der Waals surface area contributed by atoms with Crippen LogP contribution >= 0.6 is 27.7 Å². The van der Waals surface area contributed by atoms with Crippen molar-refractivity contribution in [2.75, 3.05) is 25.6 Å². The Kier molecular flexibility index (Phi) is 7.53. The van der Waals surface area contributed by atoms with Gasteiger partial charge in [-0.2, -0.15) is 11.8 Å². The molecule has 1 rings (SSSR count). The lowest BCUT2D eigenvalue weighted by atomic mass is 10.2. The van der Waals surface area contributed by atoms with Gasteiger partial charge >= 0.3 is 0 Å². The van der Waals surface area contributed by atoms with Crippen LogP contribution in [0, 0.1) is 5.92 Å². The van der Waals surface area contributed by atoms with Crippen molar-refractivity contribution in [1.82, 2.24) is 10.0 Å². The second-order valence-corrected chi connectivity index (χ2v) is 8.21. The Morgan fingerprint density at radius 3 is 2.70 bits per heavy atom. The van der Waals surface area contributed by atoms with E-state index in [9.17, 15) is 8.42 Å². The maximum atomic E-state index is 12.3. The van der Waals surface area contributed by atoms with Crippen molar-refractivity contribution in [3.63, 3.8) is 0 Å². The number of nitrogens with one attached hydrogen (secondary N) is 2. The molecule has 4 nitrogen and oxygen atoms in total. The third kappa shape index (κ3) is 5.37. The molecule has 0 spiro atoms. The fourth-order valence-corrected chi connectivity index (χ4v) is 4.60. The molecule has 1 aromatic rings. The number of halogens is 1. The maximum Gasteiger partial charge on any atom is 0.241 e. The minimum Gasteiger partial charge on any atom is -0.316 e. The summed E-state index contributed by atoms with van der Waals surface area (Å²) in [5.41, 5.74) is 0.938. The standard InChI is InChI=1S/C13H21BrN2O2S2/c1-10(9-19-3)7-16-20(17,18)13-6-11(8-15-2)4-5-12(13)14/h4-6,10,15-16H,7-9H2,1-3H3. The van der Waals surface area contributed by atoms with Gasteiger partial charge in [0.15, 0.2) is 0 Å². The molecule has 0 aliphatic heterocycles. The third-order valence-electron chi connectivity index (χ3n) is 2.74. The Morgan fingerprint density at radius 2 is 2.10 bits per heavy atom. The third-order valence-corrected chi connectivity index (χ3v) is 6.06. The summed E-state index contributed by atoms with van der Waals surface area (Å²) in [4.78, 5) is 0.293. The topological polar surface area (TPSA) is 58.2 Å². The van der Waals surface area contributed by atoms with E-state index in [0.717, 1.165) is 11.3 Å². The number of sulfonamides is 1. The van der Waals surface area contributed by atoms with Crippen LogP contribution in [0.2, 0.25) is 0 Å². The summed E-state index contributed by atoms with van der Waals surface area (Å²) in [5.74, 6) is 1.24. The van der Waals surface area contributed by atoms with Crippen LogP contribution in [-0.2, 0) is 16.6 Å². The lowest BCUT2D eigenvalue weighted by Crippen LogP contribution is -2.29. The van der Waals surface area contributed by atoms with Crippen molar-refractivity contribution < 1.29 is 8.42 Å². The predicted octanol–water partition coefficient (Wildman–Crippen LogP) is 2.45. The van der Waals surface area contributed by atoms with E-state index in [1.807, 2.05) is 26.3 Å². The normalized spacial score (nSPS) is 13.4. The summed E-state index contributed by atoms with van der Waals surface area (Å²) in [6, 6.07) is 5.37. The fourth-order valence-electron chi connectivity index (χ4n) is 1.74. The van der Waals surface area contributed by atoms with Gasteiger partial charge in [-0.3, -0.25) is 0 Å². The van der Waals surface area contributed by atoms with Crippen molar-refractivity contribution in [1.29, 1.82) is 0 Å². The first-order valence-corrected chi connectivity index (χ1v) is 9.99. The van der Waals surface area contributed by atoms with Gasteiger partial charge in [0.1, 0.15) is 0 Å². The van der Waals surface area contributed by atoms with Crippen molar-refractivity contribution in [2.45, 2.75) is 18.4 Å². The Morgan fingerprint density at radius 1 is 1.40 bits per heavy atom. The first-order chi connectivity index (χ1) is 9.40. The van der Waals surface area contributed by atoms with Gasteiger partial charge in [-0.05, 0) is 58.6 Å². The van der Waals surface area contributed by atoms with E-state index in [0.29, 0.717) is 28.4 Å². The number of thioether (sulfide) groups is 1. The second kappa shape index (κ2) is 8.38. The van der Waals surface area contributed by atoms with Crippen LogP contribution in [0.15, 0.2) is 27.6 Å². The zero-order chi connectivity index (χ0) is 15.2. The smallest absolute Gasteiger partial charge is 0.241 e. The molecule has 0 aliphatic rings. The van der Waals surface area contributed by atoms with Crippen molar-refractivity contribution in [3.05, 3.63) is 28.2 Å². The van der Waals surface area contributed by atoms with Crippen LogP contribution in [0.1, 0.15) is 12.5 Å². The molecule has 114 valence electrons.